The van der Waals surface area contributed by atoms with Crippen LogP contribution in [0.3, 0.4) is 0 Å². The Hall–Kier alpha value is -0.940. The average Bonchev–Trinajstić information content (AvgIpc) is 2.73. The molecule has 15 heavy (non-hydrogen) atoms. The molecule has 0 radical (unpaired) electrons. The van der Waals surface area contributed by atoms with Crippen molar-refractivity contribution in [2.75, 3.05) is 19.7 Å². The highest BCUT2D eigenvalue weighted by Crippen LogP contribution is 2.23. The summed E-state index contributed by atoms with van der Waals surface area (Å²) in [5.41, 5.74) is 0. The molecule has 2 heterocycles. The molecule has 2 atom stereocenters. The molecule has 2 unspecified atom stereocenters. The van der Waals surface area contributed by atoms with Crippen LogP contribution in [0.15, 0.2) is 0 Å². The third kappa shape index (κ3) is 2.18. The van der Waals surface area contributed by atoms with Crippen LogP contribution in [0, 0.1) is 5.92 Å². The predicted octanol–water partition coefficient (Wildman–Crippen LogP) is -0.894. The van der Waals surface area contributed by atoms with Gasteiger partial charge in [0, 0.05) is 13.2 Å². The van der Waals surface area contributed by atoms with Gasteiger partial charge in [-0.05, 0) is 25.3 Å². The molecule has 0 aromatic rings. The SMILES string of the molecule is O=C1CC(N2CCC(CCO)C2)C(=O)N1. The van der Waals surface area contributed by atoms with E-state index < -0.39 is 0 Å². The minimum absolute atomic E-state index is 0.162. The lowest BCUT2D eigenvalue weighted by Crippen LogP contribution is -2.39. The van der Waals surface area contributed by atoms with Crippen LogP contribution >= 0.6 is 0 Å². The van der Waals surface area contributed by atoms with Gasteiger partial charge in [-0.25, -0.2) is 0 Å². The molecular formula is C10H16N2O3. The number of carbonyl (C=O) groups is 2. The summed E-state index contributed by atoms with van der Waals surface area (Å²) in [6.45, 7) is 1.89. The lowest BCUT2D eigenvalue weighted by molar-refractivity contribution is -0.126. The van der Waals surface area contributed by atoms with Crippen molar-refractivity contribution in [1.29, 1.82) is 0 Å². The van der Waals surface area contributed by atoms with Crippen LogP contribution in [-0.2, 0) is 9.59 Å². The normalized spacial score (nSPS) is 32.3. The van der Waals surface area contributed by atoms with E-state index >= 15 is 0 Å². The van der Waals surface area contributed by atoms with E-state index in [0.717, 1.165) is 25.9 Å². The van der Waals surface area contributed by atoms with Crippen LogP contribution in [0.5, 0.6) is 0 Å². The first kappa shape index (κ1) is 10.6. The maximum atomic E-state index is 11.4. The maximum absolute atomic E-state index is 11.4. The first-order valence-electron chi connectivity index (χ1n) is 5.39. The second-order valence-electron chi connectivity index (χ2n) is 4.29. The monoisotopic (exact) mass is 212 g/mol. The maximum Gasteiger partial charge on any atom is 0.244 e. The van der Waals surface area contributed by atoms with Gasteiger partial charge in [0.2, 0.25) is 11.8 Å². The van der Waals surface area contributed by atoms with Gasteiger partial charge in [0.15, 0.2) is 0 Å². The molecule has 5 heteroatoms. The van der Waals surface area contributed by atoms with Crippen molar-refractivity contribution in [2.24, 2.45) is 5.92 Å². The number of hydrogen-bond acceptors (Lipinski definition) is 4. The third-order valence-corrected chi connectivity index (χ3v) is 3.24. The van der Waals surface area contributed by atoms with Crippen molar-refractivity contribution < 1.29 is 14.7 Å². The molecule has 2 aliphatic heterocycles. The van der Waals surface area contributed by atoms with Crippen molar-refractivity contribution >= 4 is 11.8 Å². The van der Waals surface area contributed by atoms with E-state index in [9.17, 15) is 9.59 Å². The number of imide groups is 1. The van der Waals surface area contributed by atoms with E-state index in [1.165, 1.54) is 0 Å². The summed E-state index contributed by atoms with van der Waals surface area (Å²) in [5.74, 6) is 0.138. The minimum atomic E-state index is -0.263. The van der Waals surface area contributed by atoms with Gasteiger partial charge in [-0.1, -0.05) is 0 Å². The molecule has 0 spiro atoms. The quantitative estimate of drug-likeness (QED) is 0.595. The molecule has 2 amide bonds. The molecule has 0 aromatic carbocycles. The fourth-order valence-electron chi connectivity index (χ4n) is 2.40. The van der Waals surface area contributed by atoms with Gasteiger partial charge in [0.1, 0.15) is 0 Å². The smallest absolute Gasteiger partial charge is 0.244 e. The molecule has 5 nitrogen and oxygen atoms in total. The Morgan fingerprint density at radius 3 is 2.87 bits per heavy atom. The molecule has 0 bridgehead atoms. The Labute approximate surface area is 88.4 Å². The van der Waals surface area contributed by atoms with Crippen LogP contribution in [0.4, 0.5) is 0 Å². The summed E-state index contributed by atoms with van der Waals surface area (Å²) in [5, 5.41) is 11.1. The highest BCUT2D eigenvalue weighted by Gasteiger charge is 2.38. The number of rotatable bonds is 3. The molecular weight excluding hydrogens is 196 g/mol. The first-order valence-corrected chi connectivity index (χ1v) is 5.39. The van der Waals surface area contributed by atoms with Gasteiger partial charge in [0.05, 0.1) is 12.5 Å². The Kier molecular flexibility index (Phi) is 3.02. The molecule has 2 rings (SSSR count). The zero-order chi connectivity index (χ0) is 10.8. The summed E-state index contributed by atoms with van der Waals surface area (Å²) in [6.07, 6.45) is 2.10. The van der Waals surface area contributed by atoms with Gasteiger partial charge < -0.3 is 5.11 Å². The number of hydrogen-bond donors (Lipinski definition) is 2. The number of nitrogens with one attached hydrogen (secondary N) is 1. The van der Waals surface area contributed by atoms with Crippen molar-refractivity contribution in [2.45, 2.75) is 25.3 Å². The summed E-state index contributed by atoms with van der Waals surface area (Å²) in [7, 11) is 0. The van der Waals surface area contributed by atoms with Crippen LogP contribution < -0.4 is 5.32 Å². The highest BCUT2D eigenvalue weighted by atomic mass is 16.3. The fourth-order valence-corrected chi connectivity index (χ4v) is 2.40. The number of nitrogens with zero attached hydrogens (tertiary/aromatic N) is 1. The van der Waals surface area contributed by atoms with E-state index in [0.29, 0.717) is 12.3 Å². The van der Waals surface area contributed by atoms with Gasteiger partial charge in [-0.2, -0.15) is 0 Å². The van der Waals surface area contributed by atoms with Crippen molar-refractivity contribution in [3.05, 3.63) is 0 Å². The standard InChI is InChI=1S/C10H16N2O3/c13-4-2-7-1-3-12(6-7)8-5-9(14)11-10(8)15/h7-8,13H,1-6H2,(H,11,14,15). The summed E-state index contributed by atoms with van der Waals surface area (Å²) in [4.78, 5) is 24.5. The van der Waals surface area contributed by atoms with Gasteiger partial charge >= 0.3 is 0 Å². The molecule has 2 aliphatic rings. The lowest BCUT2D eigenvalue weighted by atomic mass is 10.1. The number of aliphatic hydroxyl groups excluding tert-OH is 1. The van der Waals surface area contributed by atoms with E-state index in [4.69, 9.17) is 5.11 Å². The van der Waals surface area contributed by atoms with Gasteiger partial charge in [-0.15, -0.1) is 0 Å². The van der Waals surface area contributed by atoms with Crippen LogP contribution in [0.1, 0.15) is 19.3 Å². The summed E-state index contributed by atoms with van der Waals surface area (Å²) >= 11 is 0. The van der Waals surface area contributed by atoms with Crippen LogP contribution in [0.2, 0.25) is 0 Å². The zero-order valence-corrected chi connectivity index (χ0v) is 8.61. The third-order valence-electron chi connectivity index (χ3n) is 3.24. The second-order valence-corrected chi connectivity index (χ2v) is 4.29. The van der Waals surface area contributed by atoms with Crippen LogP contribution in [-0.4, -0.2) is 47.6 Å². The van der Waals surface area contributed by atoms with Crippen LogP contribution in [0.25, 0.3) is 0 Å². The fraction of sp³-hybridized carbons (Fsp3) is 0.800. The largest absolute Gasteiger partial charge is 0.396 e. The molecule has 84 valence electrons. The number of aliphatic hydroxyl groups is 1. The van der Waals surface area contributed by atoms with E-state index in [1.807, 2.05) is 0 Å². The first-order chi connectivity index (χ1) is 7.20. The van der Waals surface area contributed by atoms with E-state index in [-0.39, 0.29) is 24.5 Å². The van der Waals surface area contributed by atoms with Crippen molar-refractivity contribution in [3.63, 3.8) is 0 Å². The molecule has 2 fully saturated rings. The number of likely N-dealkylation sites (tertiary alicyclic amines) is 1. The summed E-state index contributed by atoms with van der Waals surface area (Å²) < 4.78 is 0. The molecule has 0 saturated carbocycles. The van der Waals surface area contributed by atoms with E-state index in [2.05, 4.69) is 10.2 Å². The number of amides is 2. The number of carbonyl (C=O) groups excluding carboxylic acids is 2. The average molecular weight is 212 g/mol. The minimum Gasteiger partial charge on any atom is -0.396 e. The van der Waals surface area contributed by atoms with Crippen molar-refractivity contribution in [1.82, 2.24) is 10.2 Å². The Balaban J connectivity index is 1.90. The van der Waals surface area contributed by atoms with Gasteiger partial charge in [-0.3, -0.25) is 19.8 Å². The Morgan fingerprint density at radius 1 is 1.47 bits per heavy atom. The molecule has 2 N–H and O–H groups in total. The summed E-state index contributed by atoms with van der Waals surface area (Å²) in [6, 6.07) is -0.263. The molecule has 2 saturated heterocycles. The second kappa shape index (κ2) is 4.28. The Morgan fingerprint density at radius 2 is 2.27 bits per heavy atom. The zero-order valence-electron chi connectivity index (χ0n) is 8.61. The van der Waals surface area contributed by atoms with Gasteiger partial charge in [0.25, 0.3) is 0 Å². The lowest BCUT2D eigenvalue weighted by Gasteiger charge is -2.20. The molecule has 0 aromatic heterocycles. The van der Waals surface area contributed by atoms with E-state index in [1.54, 1.807) is 0 Å². The topological polar surface area (TPSA) is 69.6 Å². The highest BCUT2D eigenvalue weighted by molar-refractivity contribution is 6.05. The molecule has 0 aliphatic carbocycles. The Bertz CT molecular complexity index is 280. The van der Waals surface area contributed by atoms with Crippen molar-refractivity contribution in [3.8, 4) is 0 Å². The predicted molar refractivity (Wildman–Crippen MR) is 52.9 cm³/mol.